The average Bonchev–Trinajstić information content (AvgIpc) is 3.35. The Balaban J connectivity index is 1.45. The molecule has 3 fully saturated rings. The molecule has 6 heteroatoms. The maximum absolute atomic E-state index is 14.5. The molecule has 0 amide bonds. The minimum absolute atomic E-state index is 0.254. The van der Waals surface area contributed by atoms with Crippen molar-refractivity contribution in [3.05, 3.63) is 78.5 Å². The molecule has 0 unspecified atom stereocenters. The molecule has 2 aromatic heterocycles. The van der Waals surface area contributed by atoms with E-state index in [0.717, 1.165) is 39.8 Å². The van der Waals surface area contributed by atoms with Crippen molar-refractivity contribution in [2.45, 2.75) is 38.6 Å². The van der Waals surface area contributed by atoms with Crippen LogP contribution in [0, 0.1) is 29.4 Å². The lowest BCUT2D eigenvalue weighted by atomic mass is 9.62. The van der Waals surface area contributed by atoms with Crippen molar-refractivity contribution in [3.63, 3.8) is 0 Å². The molecule has 5 aromatic rings. The first-order valence-electron chi connectivity index (χ1n) is 13.2. The Morgan fingerprint density at radius 2 is 1.62 bits per heavy atom. The van der Waals surface area contributed by atoms with Gasteiger partial charge in [0.2, 0.25) is 0 Å². The molecule has 0 aliphatic heterocycles. The maximum atomic E-state index is 14.5. The van der Waals surface area contributed by atoms with E-state index in [1.165, 1.54) is 31.7 Å². The molecule has 3 aliphatic carbocycles. The zero-order chi connectivity index (χ0) is 25.1. The zero-order valence-corrected chi connectivity index (χ0v) is 20.6. The van der Waals surface area contributed by atoms with Gasteiger partial charge in [-0.05, 0) is 61.1 Å². The second kappa shape index (κ2) is 8.65. The van der Waals surface area contributed by atoms with Crippen LogP contribution in [0.2, 0.25) is 0 Å². The number of nitrogens with one attached hydrogen (secondary N) is 2. The van der Waals surface area contributed by atoms with Gasteiger partial charge in [-0.2, -0.15) is 0 Å². The van der Waals surface area contributed by atoms with Crippen molar-refractivity contribution in [2.75, 3.05) is 5.32 Å². The second-order valence-electron chi connectivity index (χ2n) is 10.7. The molecular weight excluding hydrogens is 466 g/mol. The molecular formula is C31H28F2N4. The van der Waals surface area contributed by atoms with Crippen molar-refractivity contribution in [1.29, 1.82) is 0 Å². The van der Waals surface area contributed by atoms with E-state index in [1.807, 2.05) is 24.3 Å². The average molecular weight is 495 g/mol. The van der Waals surface area contributed by atoms with Gasteiger partial charge in [-0.3, -0.25) is 0 Å². The van der Waals surface area contributed by atoms with Crippen LogP contribution in [0.1, 0.15) is 32.6 Å². The Morgan fingerprint density at radius 1 is 0.838 bits per heavy atom. The van der Waals surface area contributed by atoms with Gasteiger partial charge < -0.3 is 10.3 Å². The van der Waals surface area contributed by atoms with Crippen LogP contribution in [0.5, 0.6) is 0 Å². The molecule has 37 heavy (non-hydrogen) atoms. The van der Waals surface area contributed by atoms with E-state index >= 15 is 0 Å². The van der Waals surface area contributed by atoms with Gasteiger partial charge in [0.25, 0.3) is 0 Å². The summed E-state index contributed by atoms with van der Waals surface area (Å²) in [6, 6.07) is 18.9. The van der Waals surface area contributed by atoms with Gasteiger partial charge in [0.1, 0.15) is 17.5 Å². The highest BCUT2D eigenvalue weighted by Gasteiger charge is 2.41. The Kier molecular flexibility index (Phi) is 5.24. The molecule has 8 rings (SSSR count). The molecule has 2 N–H and O–H groups in total. The molecule has 3 aliphatic rings. The van der Waals surface area contributed by atoms with Gasteiger partial charge in [0.05, 0.1) is 11.0 Å². The molecule has 3 saturated carbocycles. The van der Waals surface area contributed by atoms with Gasteiger partial charge in [0, 0.05) is 40.2 Å². The summed E-state index contributed by atoms with van der Waals surface area (Å²) in [5, 5.41) is 5.24. The monoisotopic (exact) mass is 494 g/mol. The highest BCUT2D eigenvalue weighted by atomic mass is 19.1. The van der Waals surface area contributed by atoms with E-state index in [-0.39, 0.29) is 5.52 Å². The van der Waals surface area contributed by atoms with E-state index in [9.17, 15) is 8.78 Å². The van der Waals surface area contributed by atoms with Crippen molar-refractivity contribution < 1.29 is 8.78 Å². The van der Waals surface area contributed by atoms with E-state index in [0.29, 0.717) is 34.7 Å². The topological polar surface area (TPSA) is 53.6 Å². The smallest absolute Gasteiger partial charge is 0.164 e. The molecule has 2 atom stereocenters. The molecule has 186 valence electrons. The third-order valence-corrected chi connectivity index (χ3v) is 8.70. The zero-order valence-electron chi connectivity index (χ0n) is 20.6. The van der Waals surface area contributed by atoms with Gasteiger partial charge in [0.15, 0.2) is 5.82 Å². The lowest BCUT2D eigenvalue weighted by molar-refractivity contribution is 0.0929. The van der Waals surface area contributed by atoms with E-state index in [4.69, 9.17) is 9.97 Å². The van der Waals surface area contributed by atoms with Crippen LogP contribution in [-0.4, -0.2) is 21.0 Å². The van der Waals surface area contributed by atoms with Crippen molar-refractivity contribution >= 4 is 27.6 Å². The molecule has 4 nitrogen and oxygen atoms in total. The number of halogens is 2. The van der Waals surface area contributed by atoms with Crippen LogP contribution >= 0.6 is 0 Å². The summed E-state index contributed by atoms with van der Waals surface area (Å²) in [5.74, 6) is 1.92. The minimum Gasteiger partial charge on any atom is -0.366 e. The van der Waals surface area contributed by atoms with Gasteiger partial charge in [-0.1, -0.05) is 49.4 Å². The van der Waals surface area contributed by atoms with Gasteiger partial charge in [-0.25, -0.2) is 18.7 Å². The first-order chi connectivity index (χ1) is 18.1. The number of rotatable bonds is 4. The normalized spacial score (nSPS) is 23.1. The van der Waals surface area contributed by atoms with Crippen LogP contribution in [0.15, 0.2) is 66.9 Å². The summed E-state index contributed by atoms with van der Waals surface area (Å²) in [4.78, 5) is 13.0. The first kappa shape index (κ1) is 22.4. The third-order valence-electron chi connectivity index (χ3n) is 8.70. The van der Waals surface area contributed by atoms with Gasteiger partial charge in [-0.15, -0.1) is 0 Å². The van der Waals surface area contributed by atoms with Crippen LogP contribution in [-0.2, 0) is 0 Å². The number of hydrogen-bond donors (Lipinski definition) is 2. The Bertz CT molecular complexity index is 1620. The van der Waals surface area contributed by atoms with Crippen LogP contribution in [0.25, 0.3) is 44.3 Å². The summed E-state index contributed by atoms with van der Waals surface area (Å²) in [6.07, 6.45) is 6.79. The summed E-state index contributed by atoms with van der Waals surface area (Å²) in [7, 11) is 0. The minimum atomic E-state index is -0.627. The quantitative estimate of drug-likeness (QED) is 0.266. The molecule has 2 bridgehead atoms. The fourth-order valence-electron chi connectivity index (χ4n) is 6.73. The number of hydrogen-bond acceptors (Lipinski definition) is 3. The standard InChI is InChI=1S/C31H28F2N4/c1-17-18-10-12-20(13-11-18)27(17)35-30-23-9-5-8-22(19-6-3-2-4-7-19)28(23)36-31(37-30)25-16-34-29-24(25)14-21(32)15-26(29)33/h2-9,14-18,20,27,34H,10-13H2,1H3,(H,35,36,37)/t17-,18?,20?,27+/m1/s1. The number of para-hydroxylation sites is 1. The van der Waals surface area contributed by atoms with Gasteiger partial charge >= 0.3 is 0 Å². The van der Waals surface area contributed by atoms with E-state index in [2.05, 4.69) is 41.5 Å². The predicted octanol–water partition coefficient (Wildman–Crippen LogP) is 7.96. The summed E-state index contributed by atoms with van der Waals surface area (Å²) in [6.45, 7) is 2.36. The summed E-state index contributed by atoms with van der Waals surface area (Å²) in [5.41, 5.74) is 3.72. The summed E-state index contributed by atoms with van der Waals surface area (Å²) < 4.78 is 28.7. The lowest BCUT2D eigenvalue weighted by Crippen LogP contribution is -2.47. The Hall–Kier alpha value is -3.80. The number of nitrogens with zero attached hydrogens (tertiary/aromatic N) is 2. The highest BCUT2D eigenvalue weighted by molar-refractivity contribution is 6.02. The number of benzene rings is 3. The fraction of sp³-hybridized carbons (Fsp3) is 0.290. The predicted molar refractivity (Wildman–Crippen MR) is 144 cm³/mol. The van der Waals surface area contributed by atoms with Crippen LogP contribution in [0.4, 0.5) is 14.6 Å². The third kappa shape index (κ3) is 3.69. The van der Waals surface area contributed by atoms with Crippen LogP contribution < -0.4 is 5.32 Å². The first-order valence-corrected chi connectivity index (χ1v) is 13.2. The van der Waals surface area contributed by atoms with Crippen LogP contribution in [0.3, 0.4) is 0 Å². The van der Waals surface area contributed by atoms with E-state index < -0.39 is 11.6 Å². The Morgan fingerprint density at radius 3 is 2.41 bits per heavy atom. The van der Waals surface area contributed by atoms with Crippen molar-refractivity contribution in [3.8, 4) is 22.5 Å². The fourth-order valence-corrected chi connectivity index (χ4v) is 6.73. The largest absolute Gasteiger partial charge is 0.366 e. The molecule has 0 spiro atoms. The van der Waals surface area contributed by atoms with Crippen molar-refractivity contribution in [2.24, 2.45) is 17.8 Å². The number of anilines is 1. The number of fused-ring (bicyclic) bond motifs is 5. The SMILES string of the molecule is C[C@@H]1C2CCC(CC2)[C@H]1Nc1nc(-c2c[nH]c3c(F)cc(F)cc23)nc2c(-c3ccccc3)cccc12. The molecule has 0 radical (unpaired) electrons. The summed E-state index contributed by atoms with van der Waals surface area (Å²) >= 11 is 0. The second-order valence-corrected chi connectivity index (χ2v) is 10.7. The molecule has 2 heterocycles. The lowest BCUT2D eigenvalue weighted by Gasteiger charge is -2.47. The number of H-pyrrole nitrogens is 1. The highest BCUT2D eigenvalue weighted by Crippen LogP contribution is 2.46. The molecule has 3 aromatic carbocycles. The number of aromatic nitrogens is 3. The molecule has 0 saturated heterocycles. The Labute approximate surface area is 214 Å². The number of aromatic amines is 1. The van der Waals surface area contributed by atoms with Crippen molar-refractivity contribution in [1.82, 2.24) is 15.0 Å². The maximum Gasteiger partial charge on any atom is 0.164 e. The van der Waals surface area contributed by atoms with E-state index in [1.54, 1.807) is 6.20 Å².